The lowest BCUT2D eigenvalue weighted by Gasteiger charge is -2.68. The summed E-state index contributed by atoms with van der Waals surface area (Å²) in [6, 6.07) is 0. The van der Waals surface area contributed by atoms with Crippen LogP contribution in [0, 0.1) is 28.6 Å². The Labute approximate surface area is 98.9 Å². The zero-order valence-corrected chi connectivity index (χ0v) is 10.8. The lowest BCUT2D eigenvalue weighted by atomic mass is 9.37. The maximum atomic E-state index is 10.0. The molecule has 90 valence electrons. The first-order chi connectivity index (χ1) is 7.38. The molecule has 4 fully saturated rings. The molecule has 4 saturated carbocycles. The first kappa shape index (κ1) is 10.8. The number of rotatable bonds is 0. The molecule has 5 atom stereocenters. The zero-order valence-electron chi connectivity index (χ0n) is 10.8. The van der Waals surface area contributed by atoms with Gasteiger partial charge in [0.25, 0.3) is 0 Å². The lowest BCUT2D eigenvalue weighted by molar-refractivity contribution is -0.176. The van der Waals surface area contributed by atoms with Crippen LogP contribution in [0.1, 0.15) is 46.5 Å². The summed E-state index contributed by atoms with van der Waals surface area (Å²) in [4.78, 5) is 0. The minimum absolute atomic E-state index is 0.215. The smallest absolute Gasteiger partial charge is 0.0753 e. The van der Waals surface area contributed by atoms with Crippen LogP contribution in [-0.4, -0.2) is 11.2 Å². The van der Waals surface area contributed by atoms with Crippen molar-refractivity contribution in [2.75, 3.05) is 0 Å². The number of aliphatic hydroxyl groups is 1. The molecule has 4 bridgehead atoms. The van der Waals surface area contributed by atoms with Crippen LogP contribution in [0.2, 0.25) is 0 Å². The first-order valence-corrected chi connectivity index (χ1v) is 6.75. The summed E-state index contributed by atoms with van der Waals surface area (Å²) in [5, 5.41) is 10.0. The van der Waals surface area contributed by atoms with Crippen molar-refractivity contribution in [3.63, 3.8) is 0 Å². The Kier molecular flexibility index (Phi) is 1.98. The molecule has 0 saturated heterocycles. The molecule has 0 aromatic rings. The van der Waals surface area contributed by atoms with E-state index in [1.165, 1.54) is 19.3 Å². The van der Waals surface area contributed by atoms with Gasteiger partial charge in [0, 0.05) is 0 Å². The molecule has 0 aromatic heterocycles. The molecule has 4 aliphatic rings. The van der Waals surface area contributed by atoms with Crippen molar-refractivity contribution >= 4 is 0 Å². The molecular formula is C15H24O. The van der Waals surface area contributed by atoms with Gasteiger partial charge in [0.2, 0.25) is 0 Å². The lowest BCUT2D eigenvalue weighted by Crippen LogP contribution is -2.64. The van der Waals surface area contributed by atoms with Gasteiger partial charge in [-0.3, -0.25) is 0 Å². The average Bonchev–Trinajstić information content (AvgIpc) is 2.34. The van der Waals surface area contributed by atoms with Crippen LogP contribution in [0.25, 0.3) is 0 Å². The van der Waals surface area contributed by atoms with Gasteiger partial charge in [-0.2, -0.15) is 0 Å². The van der Waals surface area contributed by atoms with Crippen molar-refractivity contribution in [1.29, 1.82) is 0 Å². The van der Waals surface area contributed by atoms with E-state index in [1.807, 2.05) is 0 Å². The minimum atomic E-state index is -0.215. The second-order valence-electron chi connectivity index (χ2n) is 7.28. The molecule has 0 spiro atoms. The Balaban J connectivity index is 2.03. The van der Waals surface area contributed by atoms with Crippen molar-refractivity contribution in [2.45, 2.75) is 52.6 Å². The van der Waals surface area contributed by atoms with Gasteiger partial charge in [-0.25, -0.2) is 0 Å². The fraction of sp³-hybridized carbons (Fsp3) is 0.867. The van der Waals surface area contributed by atoms with Crippen LogP contribution in [0.15, 0.2) is 12.2 Å². The maximum Gasteiger partial charge on any atom is 0.0753 e. The van der Waals surface area contributed by atoms with Gasteiger partial charge in [-0.1, -0.05) is 33.8 Å². The number of hydrogen-bond donors (Lipinski definition) is 1. The summed E-state index contributed by atoms with van der Waals surface area (Å²) < 4.78 is 0. The quantitative estimate of drug-likeness (QED) is 0.620. The van der Waals surface area contributed by atoms with E-state index in [-0.39, 0.29) is 6.10 Å². The SMILES string of the molecule is C=C1[C@H](O)C[C@H]2[C@H]3[C@@H]1[C@]2(C)CCCC3(C)C. The van der Waals surface area contributed by atoms with Gasteiger partial charge in [0.05, 0.1) is 6.10 Å². The van der Waals surface area contributed by atoms with E-state index in [0.717, 1.165) is 23.8 Å². The van der Waals surface area contributed by atoms with Crippen molar-refractivity contribution in [3.8, 4) is 0 Å². The van der Waals surface area contributed by atoms with E-state index in [4.69, 9.17) is 0 Å². The van der Waals surface area contributed by atoms with Crippen LogP contribution < -0.4 is 0 Å². The molecule has 0 aromatic carbocycles. The molecule has 1 nitrogen and oxygen atoms in total. The van der Waals surface area contributed by atoms with Crippen LogP contribution >= 0.6 is 0 Å². The molecule has 4 rings (SSSR count). The van der Waals surface area contributed by atoms with Crippen LogP contribution in [-0.2, 0) is 0 Å². The summed E-state index contributed by atoms with van der Waals surface area (Å²) in [5.74, 6) is 2.13. The summed E-state index contributed by atoms with van der Waals surface area (Å²) in [6.45, 7) is 11.5. The van der Waals surface area contributed by atoms with Crippen molar-refractivity contribution < 1.29 is 5.11 Å². The molecular weight excluding hydrogens is 196 g/mol. The largest absolute Gasteiger partial charge is 0.389 e. The Morgan fingerprint density at radius 3 is 2.56 bits per heavy atom. The Morgan fingerprint density at radius 1 is 1.25 bits per heavy atom. The molecule has 1 N–H and O–H groups in total. The van der Waals surface area contributed by atoms with E-state index in [2.05, 4.69) is 27.4 Å². The monoisotopic (exact) mass is 220 g/mol. The van der Waals surface area contributed by atoms with Gasteiger partial charge in [-0.15, -0.1) is 0 Å². The zero-order chi connectivity index (χ0) is 11.7. The second-order valence-corrected chi connectivity index (χ2v) is 7.28. The third-order valence-electron chi connectivity index (χ3n) is 6.09. The number of fused-ring (bicyclic) bond motifs is 2. The van der Waals surface area contributed by atoms with Crippen LogP contribution in [0.5, 0.6) is 0 Å². The molecule has 0 radical (unpaired) electrons. The Morgan fingerprint density at radius 2 is 1.94 bits per heavy atom. The van der Waals surface area contributed by atoms with Crippen LogP contribution in [0.3, 0.4) is 0 Å². The van der Waals surface area contributed by atoms with E-state index >= 15 is 0 Å². The highest BCUT2D eigenvalue weighted by molar-refractivity contribution is 5.29. The Bertz CT molecular complexity index is 343. The highest BCUT2D eigenvalue weighted by Crippen LogP contribution is 2.73. The molecule has 1 heteroatoms. The topological polar surface area (TPSA) is 20.2 Å². The summed E-state index contributed by atoms with van der Waals surface area (Å²) in [6.07, 6.45) is 4.81. The van der Waals surface area contributed by atoms with E-state index < -0.39 is 0 Å². The average molecular weight is 220 g/mol. The van der Waals surface area contributed by atoms with Gasteiger partial charge < -0.3 is 5.11 Å². The van der Waals surface area contributed by atoms with Gasteiger partial charge in [-0.05, 0) is 53.4 Å². The summed E-state index contributed by atoms with van der Waals surface area (Å²) in [7, 11) is 0. The van der Waals surface area contributed by atoms with Gasteiger partial charge >= 0.3 is 0 Å². The fourth-order valence-electron chi connectivity index (χ4n) is 5.26. The predicted molar refractivity (Wildman–Crippen MR) is 66.0 cm³/mol. The standard InChI is InChI=1S/C15H24O/c1-9-11(16)8-10-13-12(9)15(10,4)7-5-6-14(13,2)3/h10-13,16H,1,5-8H2,2-4H3/t10-,11+,12+,13-,15+/m0/s1. The van der Waals surface area contributed by atoms with Crippen LogP contribution in [0.4, 0.5) is 0 Å². The van der Waals surface area contributed by atoms with Gasteiger partial charge in [0.1, 0.15) is 0 Å². The Hall–Kier alpha value is -0.300. The van der Waals surface area contributed by atoms with Crippen molar-refractivity contribution in [2.24, 2.45) is 28.6 Å². The third kappa shape index (κ3) is 1.06. The fourth-order valence-corrected chi connectivity index (χ4v) is 5.26. The highest BCUT2D eigenvalue weighted by Gasteiger charge is 2.67. The maximum absolute atomic E-state index is 10.0. The van der Waals surface area contributed by atoms with Gasteiger partial charge in [0.15, 0.2) is 0 Å². The second kappa shape index (κ2) is 2.93. The normalized spacial score (nSPS) is 54.1. The number of hydrogen-bond acceptors (Lipinski definition) is 1. The first-order valence-electron chi connectivity index (χ1n) is 6.75. The predicted octanol–water partition coefficient (Wildman–Crippen LogP) is 3.39. The number of aliphatic hydroxyl groups excluding tert-OH is 1. The molecule has 16 heavy (non-hydrogen) atoms. The molecule has 4 aliphatic carbocycles. The molecule has 0 amide bonds. The molecule has 0 aliphatic heterocycles. The summed E-state index contributed by atoms with van der Waals surface area (Å²) in [5.41, 5.74) is 2.06. The van der Waals surface area contributed by atoms with E-state index in [0.29, 0.717) is 16.7 Å². The summed E-state index contributed by atoms with van der Waals surface area (Å²) >= 11 is 0. The van der Waals surface area contributed by atoms with E-state index in [1.54, 1.807) is 0 Å². The highest BCUT2D eigenvalue weighted by atomic mass is 16.3. The molecule has 0 heterocycles. The van der Waals surface area contributed by atoms with E-state index in [9.17, 15) is 5.11 Å². The minimum Gasteiger partial charge on any atom is -0.389 e. The van der Waals surface area contributed by atoms with Crippen molar-refractivity contribution in [3.05, 3.63) is 12.2 Å². The third-order valence-corrected chi connectivity index (χ3v) is 6.09. The molecule has 0 unspecified atom stereocenters. The van der Waals surface area contributed by atoms with Crippen molar-refractivity contribution in [1.82, 2.24) is 0 Å².